The van der Waals surface area contributed by atoms with Crippen molar-refractivity contribution in [2.45, 2.75) is 38.8 Å². The van der Waals surface area contributed by atoms with Gasteiger partial charge in [0.05, 0.1) is 0 Å². The zero-order chi connectivity index (χ0) is 18.7. The van der Waals surface area contributed by atoms with Crippen molar-refractivity contribution in [3.05, 3.63) is 68.2 Å². The van der Waals surface area contributed by atoms with Gasteiger partial charge in [0.15, 0.2) is 0 Å². The zero-order valence-corrected chi connectivity index (χ0v) is 15.8. The number of aryl methyl sites for hydroxylation is 1. The molecule has 0 radical (unpaired) electrons. The standard InChI is InChI=1S/C21H20ClN3O2/c1-12-17-9-15(22)2-5-18(17)23-20(12)21(27)24-7-6-13-8-19(26)25(16-3-4-16)11-14(13)10-24/h2,5,8-9,11,16,23H,3-4,6-7,10H2,1H3. The number of aromatic amines is 1. The third kappa shape index (κ3) is 2.77. The lowest BCUT2D eigenvalue weighted by atomic mass is 10.0. The number of pyridine rings is 1. The van der Waals surface area contributed by atoms with Crippen molar-refractivity contribution < 1.29 is 4.79 Å². The summed E-state index contributed by atoms with van der Waals surface area (Å²) < 4.78 is 1.84. The van der Waals surface area contributed by atoms with Crippen LogP contribution < -0.4 is 5.56 Å². The minimum atomic E-state index is -0.00496. The Labute approximate surface area is 161 Å². The van der Waals surface area contributed by atoms with Crippen LogP contribution in [0.5, 0.6) is 0 Å². The van der Waals surface area contributed by atoms with Crippen LogP contribution in [0.3, 0.4) is 0 Å². The van der Waals surface area contributed by atoms with Gasteiger partial charge in [0.1, 0.15) is 5.69 Å². The van der Waals surface area contributed by atoms with E-state index in [4.69, 9.17) is 11.6 Å². The van der Waals surface area contributed by atoms with Crippen molar-refractivity contribution in [2.75, 3.05) is 6.54 Å². The molecule has 6 heteroatoms. The van der Waals surface area contributed by atoms with E-state index in [-0.39, 0.29) is 11.5 Å². The fourth-order valence-electron chi connectivity index (χ4n) is 4.03. The third-order valence-corrected chi connectivity index (χ3v) is 5.97. The molecule has 1 aliphatic carbocycles. The number of benzene rings is 1. The van der Waals surface area contributed by atoms with Gasteiger partial charge in [0.25, 0.3) is 11.5 Å². The van der Waals surface area contributed by atoms with Gasteiger partial charge in [-0.2, -0.15) is 0 Å². The highest BCUT2D eigenvalue weighted by molar-refractivity contribution is 6.31. The summed E-state index contributed by atoms with van der Waals surface area (Å²) in [6.45, 7) is 3.11. The van der Waals surface area contributed by atoms with Gasteiger partial charge in [-0.1, -0.05) is 11.6 Å². The first-order chi connectivity index (χ1) is 13.0. The number of rotatable bonds is 2. The molecular weight excluding hydrogens is 362 g/mol. The molecule has 0 spiro atoms. The fraction of sp³-hybridized carbons (Fsp3) is 0.333. The highest BCUT2D eigenvalue weighted by Gasteiger charge is 2.28. The van der Waals surface area contributed by atoms with Crippen molar-refractivity contribution >= 4 is 28.4 Å². The van der Waals surface area contributed by atoms with Gasteiger partial charge >= 0.3 is 0 Å². The Kier molecular flexibility index (Phi) is 3.69. The number of hydrogen-bond acceptors (Lipinski definition) is 2. The Hall–Kier alpha value is -2.53. The molecule has 0 bridgehead atoms. The van der Waals surface area contributed by atoms with E-state index < -0.39 is 0 Å². The molecule has 0 atom stereocenters. The Morgan fingerprint density at radius 1 is 1.22 bits per heavy atom. The maximum absolute atomic E-state index is 13.2. The minimum Gasteiger partial charge on any atom is -0.350 e. The van der Waals surface area contributed by atoms with E-state index in [9.17, 15) is 9.59 Å². The van der Waals surface area contributed by atoms with Gasteiger partial charge in [0.2, 0.25) is 0 Å². The Bertz CT molecular complexity index is 1140. The lowest BCUT2D eigenvalue weighted by Crippen LogP contribution is -2.37. The highest BCUT2D eigenvalue weighted by Crippen LogP contribution is 2.34. The molecule has 1 saturated carbocycles. The smallest absolute Gasteiger partial charge is 0.270 e. The molecule has 2 aromatic heterocycles. The van der Waals surface area contributed by atoms with Crippen LogP contribution in [0.1, 0.15) is 46.1 Å². The number of halogens is 1. The van der Waals surface area contributed by atoms with Gasteiger partial charge in [-0.3, -0.25) is 9.59 Å². The number of nitrogens with zero attached hydrogens (tertiary/aromatic N) is 2. The lowest BCUT2D eigenvalue weighted by molar-refractivity contribution is 0.0728. The van der Waals surface area contributed by atoms with Gasteiger partial charge < -0.3 is 14.5 Å². The summed E-state index contributed by atoms with van der Waals surface area (Å²) in [7, 11) is 0. The largest absolute Gasteiger partial charge is 0.350 e. The quantitative estimate of drug-likeness (QED) is 0.733. The molecule has 1 aliphatic heterocycles. The molecule has 1 aromatic carbocycles. The average Bonchev–Trinajstić information content (AvgIpc) is 3.45. The number of aromatic nitrogens is 2. The van der Waals surface area contributed by atoms with Crippen molar-refractivity contribution in [2.24, 2.45) is 0 Å². The summed E-state index contributed by atoms with van der Waals surface area (Å²) in [6, 6.07) is 7.71. The number of nitrogens with one attached hydrogen (secondary N) is 1. The van der Waals surface area contributed by atoms with Crippen LogP contribution in [0, 0.1) is 6.92 Å². The number of fused-ring (bicyclic) bond motifs is 2. The monoisotopic (exact) mass is 381 g/mol. The van der Waals surface area contributed by atoms with Crippen LogP contribution in [0.2, 0.25) is 5.02 Å². The van der Waals surface area contributed by atoms with Gasteiger partial charge in [-0.25, -0.2) is 0 Å². The summed E-state index contributed by atoms with van der Waals surface area (Å²) in [5.74, 6) is -0.00496. The second-order valence-electron chi connectivity index (χ2n) is 7.59. The third-order valence-electron chi connectivity index (χ3n) is 5.73. The Balaban J connectivity index is 1.48. The maximum atomic E-state index is 13.2. The van der Waals surface area contributed by atoms with Crippen LogP contribution in [0.15, 0.2) is 35.3 Å². The van der Waals surface area contributed by atoms with Crippen molar-refractivity contribution in [3.63, 3.8) is 0 Å². The molecule has 3 aromatic rings. The van der Waals surface area contributed by atoms with Crippen LogP contribution in [0.4, 0.5) is 0 Å². The normalized spacial score (nSPS) is 16.6. The molecule has 138 valence electrons. The second-order valence-corrected chi connectivity index (χ2v) is 8.03. The first-order valence-corrected chi connectivity index (χ1v) is 9.70. The zero-order valence-electron chi connectivity index (χ0n) is 15.1. The topological polar surface area (TPSA) is 58.1 Å². The first kappa shape index (κ1) is 16.6. The van der Waals surface area contributed by atoms with Gasteiger partial charge in [-0.15, -0.1) is 0 Å². The van der Waals surface area contributed by atoms with Crippen molar-refractivity contribution in [1.82, 2.24) is 14.5 Å². The highest BCUT2D eigenvalue weighted by atomic mass is 35.5. The molecule has 0 unspecified atom stereocenters. The number of amides is 1. The minimum absolute atomic E-state index is 0.00496. The summed E-state index contributed by atoms with van der Waals surface area (Å²) in [4.78, 5) is 30.5. The van der Waals surface area contributed by atoms with E-state index in [0.717, 1.165) is 40.4 Å². The summed E-state index contributed by atoms with van der Waals surface area (Å²) >= 11 is 6.11. The van der Waals surface area contributed by atoms with E-state index >= 15 is 0 Å². The molecule has 27 heavy (non-hydrogen) atoms. The number of carbonyl (C=O) groups is 1. The van der Waals surface area contributed by atoms with E-state index in [0.29, 0.717) is 36.3 Å². The Morgan fingerprint density at radius 2 is 2.04 bits per heavy atom. The predicted molar refractivity (Wildman–Crippen MR) is 105 cm³/mol. The molecular formula is C21H20ClN3O2. The molecule has 3 heterocycles. The molecule has 5 rings (SSSR count). The number of carbonyl (C=O) groups excluding carboxylic acids is 1. The van der Waals surface area contributed by atoms with Gasteiger partial charge in [-0.05, 0) is 61.1 Å². The second kappa shape index (κ2) is 5.99. The van der Waals surface area contributed by atoms with Gasteiger partial charge in [0, 0.05) is 47.3 Å². The molecule has 1 fully saturated rings. The maximum Gasteiger partial charge on any atom is 0.270 e. The van der Waals surface area contributed by atoms with E-state index in [1.807, 2.05) is 40.8 Å². The molecule has 2 aliphatic rings. The molecule has 0 saturated heterocycles. The molecule has 1 amide bonds. The SMILES string of the molecule is Cc1c(C(=O)N2CCc3cc(=O)n(C4CC4)cc3C2)[nH]c2ccc(Cl)cc12. The van der Waals surface area contributed by atoms with Crippen molar-refractivity contribution in [3.8, 4) is 0 Å². The fourth-order valence-corrected chi connectivity index (χ4v) is 4.20. The van der Waals surface area contributed by atoms with Crippen molar-refractivity contribution in [1.29, 1.82) is 0 Å². The summed E-state index contributed by atoms with van der Waals surface area (Å²) in [6.07, 6.45) is 4.82. The van der Waals surface area contributed by atoms with Crippen LogP contribution in [-0.4, -0.2) is 26.9 Å². The summed E-state index contributed by atoms with van der Waals surface area (Å²) in [5.41, 5.74) is 4.69. The Morgan fingerprint density at radius 3 is 2.81 bits per heavy atom. The average molecular weight is 382 g/mol. The molecule has 1 N–H and O–H groups in total. The van der Waals surface area contributed by atoms with Crippen LogP contribution in [0.25, 0.3) is 10.9 Å². The van der Waals surface area contributed by atoms with E-state index in [1.54, 1.807) is 6.07 Å². The lowest BCUT2D eigenvalue weighted by Gasteiger charge is -2.29. The number of H-pyrrole nitrogens is 1. The predicted octanol–water partition coefficient (Wildman–Crippen LogP) is 3.82. The number of hydrogen-bond donors (Lipinski definition) is 1. The van der Waals surface area contributed by atoms with Crippen LogP contribution in [-0.2, 0) is 13.0 Å². The van der Waals surface area contributed by atoms with E-state index in [2.05, 4.69) is 4.98 Å². The molecule has 5 nitrogen and oxygen atoms in total. The van der Waals surface area contributed by atoms with E-state index in [1.165, 1.54) is 0 Å². The first-order valence-electron chi connectivity index (χ1n) is 9.32. The van der Waals surface area contributed by atoms with Crippen LogP contribution >= 0.6 is 11.6 Å². The summed E-state index contributed by atoms with van der Waals surface area (Å²) in [5, 5.41) is 1.64.